The minimum absolute atomic E-state index is 0.0188. The second-order valence-electron chi connectivity index (χ2n) is 5.49. The topological polar surface area (TPSA) is 55.4 Å². The highest BCUT2D eigenvalue weighted by Gasteiger charge is 2.08. The van der Waals surface area contributed by atoms with Crippen LogP contribution in [0.3, 0.4) is 0 Å². The molecule has 1 amide bonds. The molecule has 0 aliphatic carbocycles. The summed E-state index contributed by atoms with van der Waals surface area (Å²) in [6, 6.07) is 15.7. The maximum Gasteiger partial charge on any atom is 0.220 e. The van der Waals surface area contributed by atoms with Gasteiger partial charge in [-0.3, -0.25) is 4.79 Å². The first kappa shape index (κ1) is 15.2. The lowest BCUT2D eigenvalue weighted by molar-refractivity contribution is -0.121. The number of furan rings is 2. The van der Waals surface area contributed by atoms with E-state index < -0.39 is 0 Å². The summed E-state index contributed by atoms with van der Waals surface area (Å²) < 4.78 is 11.0. The van der Waals surface area contributed by atoms with Crippen molar-refractivity contribution in [2.24, 2.45) is 0 Å². The summed E-state index contributed by atoms with van der Waals surface area (Å²) in [4.78, 5) is 11.8. The van der Waals surface area contributed by atoms with E-state index in [1.54, 1.807) is 12.3 Å². The molecule has 0 radical (unpaired) electrons. The molecule has 0 aliphatic rings. The molecule has 3 rings (SSSR count). The standard InChI is InChI=1S/C19H19NO3/c1-14-4-6-15(7-5-14)18-10-8-16(23-18)9-11-19(21)20-13-17-3-2-12-22-17/h2-8,10,12H,9,11,13H2,1H3,(H,20,21). The van der Waals surface area contributed by atoms with Gasteiger partial charge >= 0.3 is 0 Å². The summed E-state index contributed by atoms with van der Waals surface area (Å²) in [5.41, 5.74) is 2.26. The van der Waals surface area contributed by atoms with E-state index in [2.05, 4.69) is 24.4 Å². The molecule has 0 saturated carbocycles. The molecule has 0 unspecified atom stereocenters. The molecule has 4 nitrogen and oxygen atoms in total. The molecule has 0 saturated heterocycles. The van der Waals surface area contributed by atoms with Crippen molar-refractivity contribution in [1.29, 1.82) is 0 Å². The van der Waals surface area contributed by atoms with Gasteiger partial charge in [0.1, 0.15) is 17.3 Å². The van der Waals surface area contributed by atoms with Crippen LogP contribution in [0.25, 0.3) is 11.3 Å². The van der Waals surface area contributed by atoms with Crippen LogP contribution in [-0.4, -0.2) is 5.91 Å². The summed E-state index contributed by atoms with van der Waals surface area (Å²) in [5.74, 6) is 2.37. The molecule has 1 aromatic carbocycles. The van der Waals surface area contributed by atoms with Gasteiger partial charge in [-0.05, 0) is 31.2 Å². The summed E-state index contributed by atoms with van der Waals surface area (Å²) in [7, 11) is 0. The lowest BCUT2D eigenvalue weighted by Crippen LogP contribution is -2.22. The van der Waals surface area contributed by atoms with Gasteiger partial charge in [0, 0.05) is 18.4 Å². The molecule has 2 aromatic heterocycles. The van der Waals surface area contributed by atoms with Crippen molar-refractivity contribution in [2.45, 2.75) is 26.3 Å². The predicted molar refractivity (Wildman–Crippen MR) is 87.8 cm³/mol. The lowest BCUT2D eigenvalue weighted by Gasteiger charge is -2.02. The van der Waals surface area contributed by atoms with Crippen LogP contribution in [0.15, 0.2) is 63.6 Å². The van der Waals surface area contributed by atoms with Crippen molar-refractivity contribution in [3.05, 3.63) is 71.9 Å². The Bertz CT molecular complexity index is 754. The van der Waals surface area contributed by atoms with Crippen LogP contribution in [0.4, 0.5) is 0 Å². The van der Waals surface area contributed by atoms with Crippen LogP contribution in [-0.2, 0) is 17.8 Å². The number of rotatable bonds is 6. The number of benzene rings is 1. The van der Waals surface area contributed by atoms with Crippen molar-refractivity contribution in [3.8, 4) is 11.3 Å². The van der Waals surface area contributed by atoms with E-state index in [9.17, 15) is 4.79 Å². The zero-order chi connectivity index (χ0) is 16.1. The summed E-state index contributed by atoms with van der Waals surface area (Å²) in [6.07, 6.45) is 2.56. The van der Waals surface area contributed by atoms with Crippen LogP contribution in [0.1, 0.15) is 23.5 Å². The third-order valence-electron chi connectivity index (χ3n) is 3.64. The molecular weight excluding hydrogens is 290 g/mol. The van der Waals surface area contributed by atoms with E-state index >= 15 is 0 Å². The Hall–Kier alpha value is -2.75. The SMILES string of the molecule is Cc1ccc(-c2ccc(CCC(=O)NCc3ccco3)o2)cc1. The molecule has 23 heavy (non-hydrogen) atoms. The Balaban J connectivity index is 1.50. The van der Waals surface area contributed by atoms with Crippen LogP contribution < -0.4 is 5.32 Å². The molecule has 1 N–H and O–H groups in total. The van der Waals surface area contributed by atoms with E-state index in [1.807, 2.05) is 30.3 Å². The van der Waals surface area contributed by atoms with Crippen molar-refractivity contribution in [3.63, 3.8) is 0 Å². The normalized spacial score (nSPS) is 10.7. The van der Waals surface area contributed by atoms with Crippen LogP contribution in [0.5, 0.6) is 0 Å². The van der Waals surface area contributed by atoms with Crippen LogP contribution in [0, 0.1) is 6.92 Å². The van der Waals surface area contributed by atoms with E-state index in [4.69, 9.17) is 8.83 Å². The Morgan fingerprint density at radius 2 is 1.87 bits per heavy atom. The molecule has 4 heteroatoms. The van der Waals surface area contributed by atoms with Crippen molar-refractivity contribution < 1.29 is 13.6 Å². The van der Waals surface area contributed by atoms with Gasteiger partial charge in [0.05, 0.1) is 12.8 Å². The Kier molecular flexibility index (Phi) is 4.62. The Labute approximate surface area is 135 Å². The minimum Gasteiger partial charge on any atom is -0.467 e. The average molecular weight is 309 g/mol. The van der Waals surface area contributed by atoms with E-state index in [-0.39, 0.29) is 5.91 Å². The molecular formula is C19H19NO3. The van der Waals surface area contributed by atoms with Crippen LogP contribution in [0.2, 0.25) is 0 Å². The fourth-order valence-electron chi connectivity index (χ4n) is 2.31. The maximum absolute atomic E-state index is 11.8. The van der Waals surface area contributed by atoms with Crippen molar-refractivity contribution in [1.82, 2.24) is 5.32 Å². The second-order valence-corrected chi connectivity index (χ2v) is 5.49. The van der Waals surface area contributed by atoms with E-state index in [0.29, 0.717) is 19.4 Å². The average Bonchev–Trinajstić information content (AvgIpc) is 3.23. The monoisotopic (exact) mass is 309 g/mol. The number of carbonyl (C=O) groups is 1. The Morgan fingerprint density at radius 3 is 2.61 bits per heavy atom. The van der Waals surface area contributed by atoms with Gasteiger partial charge in [-0.25, -0.2) is 0 Å². The number of amides is 1. The summed E-state index contributed by atoms with van der Waals surface area (Å²) >= 11 is 0. The molecule has 0 bridgehead atoms. The molecule has 3 aromatic rings. The molecule has 0 spiro atoms. The lowest BCUT2D eigenvalue weighted by atomic mass is 10.1. The first-order chi connectivity index (χ1) is 11.2. The van der Waals surface area contributed by atoms with Gasteiger partial charge in [-0.15, -0.1) is 0 Å². The summed E-state index contributed by atoms with van der Waals surface area (Å²) in [6.45, 7) is 2.47. The third kappa shape index (κ3) is 4.13. The zero-order valence-corrected chi connectivity index (χ0v) is 13.0. The number of nitrogens with one attached hydrogen (secondary N) is 1. The van der Waals surface area contributed by atoms with Crippen molar-refractivity contribution >= 4 is 5.91 Å². The fourth-order valence-corrected chi connectivity index (χ4v) is 2.31. The summed E-state index contributed by atoms with van der Waals surface area (Å²) in [5, 5.41) is 2.83. The van der Waals surface area contributed by atoms with Crippen LogP contribution >= 0.6 is 0 Å². The smallest absolute Gasteiger partial charge is 0.220 e. The first-order valence-corrected chi connectivity index (χ1v) is 7.65. The Morgan fingerprint density at radius 1 is 1.04 bits per heavy atom. The van der Waals surface area contributed by atoms with Crippen molar-refractivity contribution in [2.75, 3.05) is 0 Å². The second kappa shape index (κ2) is 7.01. The quantitative estimate of drug-likeness (QED) is 0.746. The van der Waals surface area contributed by atoms with E-state index in [1.165, 1.54) is 5.56 Å². The molecule has 0 fully saturated rings. The fraction of sp³-hybridized carbons (Fsp3) is 0.211. The first-order valence-electron chi connectivity index (χ1n) is 7.65. The largest absolute Gasteiger partial charge is 0.467 e. The van der Waals surface area contributed by atoms with Gasteiger partial charge in [-0.1, -0.05) is 29.8 Å². The number of hydrogen-bond donors (Lipinski definition) is 1. The highest BCUT2D eigenvalue weighted by Crippen LogP contribution is 2.23. The number of hydrogen-bond acceptors (Lipinski definition) is 3. The highest BCUT2D eigenvalue weighted by atomic mass is 16.3. The minimum atomic E-state index is -0.0188. The molecule has 2 heterocycles. The third-order valence-corrected chi connectivity index (χ3v) is 3.64. The van der Waals surface area contributed by atoms with E-state index in [0.717, 1.165) is 22.8 Å². The number of aryl methyl sites for hydroxylation is 2. The van der Waals surface area contributed by atoms with Gasteiger partial charge in [-0.2, -0.15) is 0 Å². The van der Waals surface area contributed by atoms with Gasteiger partial charge < -0.3 is 14.2 Å². The molecule has 0 aliphatic heterocycles. The maximum atomic E-state index is 11.8. The molecule has 118 valence electrons. The number of carbonyl (C=O) groups excluding carboxylic acids is 1. The van der Waals surface area contributed by atoms with Gasteiger partial charge in [0.15, 0.2) is 0 Å². The zero-order valence-electron chi connectivity index (χ0n) is 13.0. The highest BCUT2D eigenvalue weighted by molar-refractivity contribution is 5.76. The van der Waals surface area contributed by atoms with Gasteiger partial charge in [0.2, 0.25) is 5.91 Å². The van der Waals surface area contributed by atoms with Gasteiger partial charge in [0.25, 0.3) is 0 Å². The predicted octanol–water partition coefficient (Wildman–Crippen LogP) is 4.10. The molecule has 0 atom stereocenters.